The van der Waals surface area contributed by atoms with Crippen molar-refractivity contribution in [3.8, 4) is 0 Å². The summed E-state index contributed by atoms with van der Waals surface area (Å²) in [7, 11) is -3.84. The molecule has 0 aromatic heterocycles. The van der Waals surface area contributed by atoms with E-state index in [-0.39, 0.29) is 12.5 Å². The van der Waals surface area contributed by atoms with Crippen LogP contribution in [0.15, 0.2) is 66.7 Å². The molecule has 1 atom stereocenters. The van der Waals surface area contributed by atoms with Crippen molar-refractivity contribution in [3.05, 3.63) is 77.3 Å². The van der Waals surface area contributed by atoms with Crippen LogP contribution in [0.1, 0.15) is 39.7 Å². The first-order chi connectivity index (χ1) is 17.3. The summed E-state index contributed by atoms with van der Waals surface area (Å²) in [5.74, 6) is -0.819. The minimum atomic E-state index is -3.84. The number of anilines is 1. The van der Waals surface area contributed by atoms with Gasteiger partial charge in [-0.3, -0.25) is 13.9 Å². The molecule has 3 rings (SSSR count). The number of rotatable bonds is 9. The second-order valence-electron chi connectivity index (χ2n) is 10.0. The van der Waals surface area contributed by atoms with E-state index in [0.29, 0.717) is 28.1 Å². The van der Waals surface area contributed by atoms with E-state index in [0.717, 1.165) is 15.9 Å². The average Bonchev–Trinajstić information content (AvgIpc) is 2.81. The highest BCUT2D eigenvalue weighted by atomic mass is 35.5. The number of fused-ring (bicyclic) bond motifs is 1. The van der Waals surface area contributed by atoms with E-state index >= 15 is 0 Å². The van der Waals surface area contributed by atoms with Crippen molar-refractivity contribution < 1.29 is 18.0 Å². The second-order valence-corrected chi connectivity index (χ2v) is 12.4. The van der Waals surface area contributed by atoms with Gasteiger partial charge in [0.05, 0.1) is 11.9 Å². The van der Waals surface area contributed by atoms with Crippen LogP contribution in [0.25, 0.3) is 10.8 Å². The number of hydrogen-bond donors (Lipinski definition) is 1. The predicted octanol–water partition coefficient (Wildman–Crippen LogP) is 4.98. The van der Waals surface area contributed by atoms with Crippen molar-refractivity contribution in [2.24, 2.45) is 0 Å². The third-order valence-electron chi connectivity index (χ3n) is 5.90. The number of nitrogens with one attached hydrogen (secondary N) is 1. The smallest absolute Gasteiger partial charge is 0.244 e. The molecule has 0 aliphatic carbocycles. The van der Waals surface area contributed by atoms with Gasteiger partial charge in [-0.05, 0) is 50.3 Å². The van der Waals surface area contributed by atoms with Crippen LogP contribution < -0.4 is 9.62 Å². The van der Waals surface area contributed by atoms with Gasteiger partial charge in [-0.25, -0.2) is 8.42 Å². The molecule has 0 aliphatic heterocycles. The standard InChI is InChI=1S/C28H34ClN3O4S/c1-6-24(27(34)30-28(2,3)4)31(18-21-13-8-10-16-23(21)29)26(33)19-32(37(5,35)36)25-17-11-14-20-12-7-9-15-22(20)25/h7-17,24H,6,18-19H2,1-5H3,(H,30,34)/t24-/m1/s1. The molecule has 1 N–H and O–H groups in total. The molecule has 2 amide bonds. The van der Waals surface area contributed by atoms with Crippen LogP contribution in [0.2, 0.25) is 5.02 Å². The minimum Gasteiger partial charge on any atom is -0.350 e. The molecular formula is C28H34ClN3O4S. The van der Waals surface area contributed by atoms with E-state index in [2.05, 4.69) is 5.32 Å². The van der Waals surface area contributed by atoms with E-state index in [9.17, 15) is 18.0 Å². The molecule has 0 saturated carbocycles. The van der Waals surface area contributed by atoms with Crippen LogP contribution in [0, 0.1) is 0 Å². The highest BCUT2D eigenvalue weighted by Crippen LogP contribution is 2.29. The Bertz CT molecular complexity index is 1380. The molecule has 3 aromatic rings. The summed E-state index contributed by atoms with van der Waals surface area (Å²) in [4.78, 5) is 28.6. The lowest BCUT2D eigenvalue weighted by molar-refractivity contribution is -0.141. The van der Waals surface area contributed by atoms with Gasteiger partial charge in [-0.2, -0.15) is 0 Å². The summed E-state index contributed by atoms with van der Waals surface area (Å²) < 4.78 is 27.0. The highest BCUT2D eigenvalue weighted by molar-refractivity contribution is 7.92. The summed E-state index contributed by atoms with van der Waals surface area (Å²) in [6, 6.07) is 19.0. The maximum atomic E-state index is 13.9. The van der Waals surface area contributed by atoms with Gasteiger partial charge in [0, 0.05) is 22.5 Å². The molecule has 0 spiro atoms. The van der Waals surface area contributed by atoms with Crippen LogP contribution >= 0.6 is 11.6 Å². The van der Waals surface area contributed by atoms with Crippen LogP contribution in [0.4, 0.5) is 5.69 Å². The van der Waals surface area contributed by atoms with Crippen LogP contribution in [-0.2, 0) is 26.2 Å². The lowest BCUT2D eigenvalue weighted by atomic mass is 10.1. The van der Waals surface area contributed by atoms with Crippen molar-refractivity contribution in [2.45, 2.75) is 52.2 Å². The lowest BCUT2D eigenvalue weighted by Gasteiger charge is -2.34. The maximum absolute atomic E-state index is 13.9. The van der Waals surface area contributed by atoms with Crippen LogP contribution in [0.5, 0.6) is 0 Å². The summed E-state index contributed by atoms with van der Waals surface area (Å²) in [6.45, 7) is 7.01. The molecule has 0 unspecified atom stereocenters. The zero-order chi connectivity index (χ0) is 27.4. The first-order valence-corrected chi connectivity index (χ1v) is 14.3. The molecular weight excluding hydrogens is 510 g/mol. The van der Waals surface area contributed by atoms with E-state index in [1.54, 1.807) is 36.4 Å². The van der Waals surface area contributed by atoms with Crippen molar-refractivity contribution in [3.63, 3.8) is 0 Å². The Morgan fingerprint density at radius 2 is 1.59 bits per heavy atom. The van der Waals surface area contributed by atoms with Crippen molar-refractivity contribution in [1.29, 1.82) is 0 Å². The van der Waals surface area contributed by atoms with Crippen molar-refractivity contribution in [2.75, 3.05) is 17.1 Å². The molecule has 9 heteroatoms. The molecule has 3 aromatic carbocycles. The normalized spacial score (nSPS) is 12.7. The van der Waals surface area contributed by atoms with Crippen molar-refractivity contribution in [1.82, 2.24) is 10.2 Å². The first-order valence-electron chi connectivity index (χ1n) is 12.1. The molecule has 37 heavy (non-hydrogen) atoms. The Morgan fingerprint density at radius 1 is 0.973 bits per heavy atom. The van der Waals surface area contributed by atoms with Gasteiger partial charge in [0.25, 0.3) is 0 Å². The number of sulfonamides is 1. The maximum Gasteiger partial charge on any atom is 0.244 e. The predicted molar refractivity (Wildman–Crippen MR) is 150 cm³/mol. The summed E-state index contributed by atoms with van der Waals surface area (Å²) in [6.07, 6.45) is 1.41. The number of carbonyl (C=O) groups excluding carboxylic acids is 2. The van der Waals surface area contributed by atoms with Gasteiger partial charge >= 0.3 is 0 Å². The first kappa shape index (κ1) is 28.5. The number of carbonyl (C=O) groups is 2. The average molecular weight is 544 g/mol. The largest absolute Gasteiger partial charge is 0.350 e. The molecule has 0 aliphatic rings. The van der Waals surface area contributed by atoms with Crippen LogP contribution in [-0.4, -0.2) is 49.5 Å². The molecule has 0 heterocycles. The second kappa shape index (κ2) is 11.5. The van der Waals surface area contributed by atoms with E-state index in [1.807, 2.05) is 58.0 Å². The zero-order valence-electron chi connectivity index (χ0n) is 21.9. The molecule has 0 radical (unpaired) electrons. The van der Waals surface area contributed by atoms with Crippen LogP contribution in [0.3, 0.4) is 0 Å². The third kappa shape index (κ3) is 7.23. The molecule has 7 nitrogen and oxygen atoms in total. The third-order valence-corrected chi connectivity index (χ3v) is 7.39. The fourth-order valence-corrected chi connectivity index (χ4v) is 5.26. The molecule has 0 bridgehead atoms. The highest BCUT2D eigenvalue weighted by Gasteiger charge is 2.33. The zero-order valence-corrected chi connectivity index (χ0v) is 23.4. The van der Waals surface area contributed by atoms with Gasteiger partial charge in [0.2, 0.25) is 21.8 Å². The molecule has 0 saturated heterocycles. The van der Waals surface area contributed by atoms with E-state index in [1.165, 1.54) is 4.90 Å². The fraction of sp³-hybridized carbons (Fsp3) is 0.357. The SMILES string of the molecule is CC[C@H](C(=O)NC(C)(C)C)N(Cc1ccccc1Cl)C(=O)CN(c1cccc2ccccc12)S(C)(=O)=O. The monoisotopic (exact) mass is 543 g/mol. The number of nitrogens with zero attached hydrogens (tertiary/aromatic N) is 2. The Balaban J connectivity index is 2.05. The van der Waals surface area contributed by atoms with Gasteiger partial charge in [0.1, 0.15) is 12.6 Å². The summed E-state index contributed by atoms with van der Waals surface area (Å²) >= 11 is 6.40. The number of amides is 2. The van der Waals surface area contributed by atoms with Gasteiger partial charge < -0.3 is 10.2 Å². The minimum absolute atomic E-state index is 0.0573. The van der Waals surface area contributed by atoms with Gasteiger partial charge in [-0.1, -0.05) is 73.1 Å². The van der Waals surface area contributed by atoms with E-state index < -0.39 is 34.1 Å². The Hall–Kier alpha value is -3.10. The quantitative estimate of drug-likeness (QED) is 0.412. The number of hydrogen-bond acceptors (Lipinski definition) is 4. The molecule has 198 valence electrons. The lowest BCUT2D eigenvalue weighted by Crippen LogP contribution is -2.55. The number of benzene rings is 3. The topological polar surface area (TPSA) is 86.8 Å². The Morgan fingerprint density at radius 3 is 2.22 bits per heavy atom. The summed E-state index contributed by atoms with van der Waals surface area (Å²) in [5.41, 5.74) is 0.556. The van der Waals surface area contributed by atoms with E-state index in [4.69, 9.17) is 11.6 Å². The van der Waals surface area contributed by atoms with Gasteiger partial charge in [-0.15, -0.1) is 0 Å². The molecule has 0 fully saturated rings. The van der Waals surface area contributed by atoms with Gasteiger partial charge in [0.15, 0.2) is 0 Å². The Kier molecular flexibility index (Phi) is 8.87. The van der Waals surface area contributed by atoms with Crippen molar-refractivity contribution >= 4 is 49.9 Å². The number of halogens is 1. The summed E-state index contributed by atoms with van der Waals surface area (Å²) in [5, 5.41) is 4.97. The fourth-order valence-electron chi connectivity index (χ4n) is 4.20. The Labute approximate surface area is 224 Å².